The highest BCUT2D eigenvalue weighted by Crippen LogP contribution is 2.15. The van der Waals surface area contributed by atoms with Gasteiger partial charge in [-0.1, -0.05) is 30.3 Å². The van der Waals surface area contributed by atoms with Crippen molar-refractivity contribution in [1.82, 2.24) is 9.80 Å². The lowest BCUT2D eigenvalue weighted by molar-refractivity contribution is -0.0000170. The zero-order valence-corrected chi connectivity index (χ0v) is 13.8. The summed E-state index contributed by atoms with van der Waals surface area (Å²) in [7, 11) is 0. The number of halogens is 3. The number of amides is 1. The molecular formula is C18H18ClF2N2O-. The molecule has 6 heteroatoms. The molecule has 0 radical (unpaired) electrons. The Bertz CT molecular complexity index is 703. The molecule has 0 spiro atoms. The van der Waals surface area contributed by atoms with Crippen molar-refractivity contribution in [3.05, 3.63) is 71.3 Å². The molecule has 3 rings (SSSR count). The van der Waals surface area contributed by atoms with Gasteiger partial charge in [0.05, 0.1) is 5.56 Å². The van der Waals surface area contributed by atoms with Crippen LogP contribution in [0.25, 0.3) is 0 Å². The van der Waals surface area contributed by atoms with Crippen molar-refractivity contribution in [2.45, 2.75) is 6.54 Å². The maximum Gasteiger partial charge on any atom is 0.256 e. The van der Waals surface area contributed by atoms with Gasteiger partial charge in [-0.05, 0) is 18.2 Å². The minimum Gasteiger partial charge on any atom is -1.00 e. The molecule has 0 N–H and O–H groups in total. The Hall–Kier alpha value is -1.98. The summed E-state index contributed by atoms with van der Waals surface area (Å²) in [6.45, 7) is 2.85. The molecule has 24 heavy (non-hydrogen) atoms. The van der Waals surface area contributed by atoms with Gasteiger partial charge in [0.15, 0.2) is 0 Å². The first-order valence-electron chi connectivity index (χ1n) is 7.65. The lowest BCUT2D eigenvalue weighted by Gasteiger charge is -2.34. The second kappa shape index (κ2) is 8.22. The number of nitrogens with zero attached hydrogens (tertiary/aromatic N) is 2. The van der Waals surface area contributed by atoms with Crippen molar-refractivity contribution in [3.63, 3.8) is 0 Å². The zero-order chi connectivity index (χ0) is 16.2. The van der Waals surface area contributed by atoms with E-state index in [-0.39, 0.29) is 29.7 Å². The average molecular weight is 352 g/mol. The highest BCUT2D eigenvalue weighted by molar-refractivity contribution is 5.94. The third kappa shape index (κ3) is 4.10. The van der Waals surface area contributed by atoms with Crippen LogP contribution >= 0.6 is 0 Å². The normalized spacial score (nSPS) is 15.0. The molecule has 1 aliphatic heterocycles. The van der Waals surface area contributed by atoms with Gasteiger partial charge in [-0.25, -0.2) is 8.78 Å². The molecule has 1 heterocycles. The fourth-order valence-corrected chi connectivity index (χ4v) is 2.78. The fraction of sp³-hybridized carbons (Fsp3) is 0.278. The Morgan fingerprint density at radius 2 is 1.46 bits per heavy atom. The summed E-state index contributed by atoms with van der Waals surface area (Å²) in [5.74, 6) is -0.989. The molecule has 1 saturated heterocycles. The molecule has 0 aromatic heterocycles. The van der Waals surface area contributed by atoms with Crippen LogP contribution in [0.3, 0.4) is 0 Å². The largest absolute Gasteiger partial charge is 1.00 e. The number of rotatable bonds is 3. The molecule has 2 aromatic carbocycles. The van der Waals surface area contributed by atoms with E-state index in [0.717, 1.165) is 0 Å². The zero-order valence-electron chi connectivity index (χ0n) is 13.1. The van der Waals surface area contributed by atoms with Crippen molar-refractivity contribution >= 4 is 5.91 Å². The van der Waals surface area contributed by atoms with E-state index in [0.29, 0.717) is 38.3 Å². The minimum atomic E-state index is -0.494. The van der Waals surface area contributed by atoms with Crippen LogP contribution in [-0.2, 0) is 6.54 Å². The van der Waals surface area contributed by atoms with Crippen LogP contribution in [0.2, 0.25) is 0 Å². The number of carbonyl (C=O) groups is 1. The number of hydrogen-bond acceptors (Lipinski definition) is 2. The standard InChI is InChI=1S/C18H18F2N2O.ClH/c19-16-7-3-1-5-14(16)13-21-9-11-22(12-10-21)18(23)15-6-2-4-8-17(15)20;/h1-8H,9-13H2;1H/p-1. The summed E-state index contributed by atoms with van der Waals surface area (Å²) in [6, 6.07) is 12.7. The van der Waals surface area contributed by atoms with E-state index < -0.39 is 5.82 Å². The third-order valence-corrected chi connectivity index (χ3v) is 4.12. The third-order valence-electron chi connectivity index (χ3n) is 4.12. The second-order valence-corrected chi connectivity index (χ2v) is 5.64. The van der Waals surface area contributed by atoms with E-state index in [1.54, 1.807) is 29.2 Å². The van der Waals surface area contributed by atoms with Gasteiger partial charge in [0.2, 0.25) is 0 Å². The molecule has 0 aliphatic carbocycles. The topological polar surface area (TPSA) is 23.6 Å². The maximum atomic E-state index is 13.7. The molecule has 0 bridgehead atoms. The number of hydrogen-bond donors (Lipinski definition) is 0. The summed E-state index contributed by atoms with van der Waals surface area (Å²) < 4.78 is 27.4. The summed E-state index contributed by atoms with van der Waals surface area (Å²) in [5.41, 5.74) is 0.761. The predicted octanol–water partition coefficient (Wildman–Crippen LogP) is -0.0732. The van der Waals surface area contributed by atoms with E-state index in [4.69, 9.17) is 0 Å². The first-order valence-corrected chi connectivity index (χ1v) is 7.65. The maximum absolute atomic E-state index is 13.7. The van der Waals surface area contributed by atoms with Crippen molar-refractivity contribution in [2.75, 3.05) is 26.2 Å². The smallest absolute Gasteiger partial charge is 0.256 e. The summed E-state index contributed by atoms with van der Waals surface area (Å²) >= 11 is 0. The van der Waals surface area contributed by atoms with Crippen molar-refractivity contribution < 1.29 is 26.0 Å². The van der Waals surface area contributed by atoms with Crippen LogP contribution in [0.1, 0.15) is 15.9 Å². The lowest BCUT2D eigenvalue weighted by atomic mass is 10.1. The molecule has 2 aromatic rings. The van der Waals surface area contributed by atoms with E-state index in [1.165, 1.54) is 18.2 Å². The molecule has 0 atom stereocenters. The summed E-state index contributed by atoms with van der Waals surface area (Å²) in [5, 5.41) is 0. The van der Waals surface area contributed by atoms with E-state index in [2.05, 4.69) is 4.90 Å². The van der Waals surface area contributed by atoms with E-state index in [9.17, 15) is 13.6 Å². The SMILES string of the molecule is O=C(c1ccccc1F)N1CCN(Cc2ccccc2F)CC1.[Cl-]. The minimum absolute atomic E-state index is 0. The molecule has 1 amide bonds. The monoisotopic (exact) mass is 351 g/mol. The van der Waals surface area contributed by atoms with Crippen molar-refractivity contribution in [1.29, 1.82) is 0 Å². The average Bonchev–Trinajstić information content (AvgIpc) is 2.57. The van der Waals surface area contributed by atoms with Gasteiger partial charge in [0.1, 0.15) is 11.6 Å². The number of benzene rings is 2. The van der Waals surface area contributed by atoms with Gasteiger partial charge in [0.25, 0.3) is 5.91 Å². The number of piperazine rings is 1. The Morgan fingerprint density at radius 1 is 0.875 bits per heavy atom. The lowest BCUT2D eigenvalue weighted by Crippen LogP contribution is -3.00. The van der Waals surface area contributed by atoms with Gasteiger partial charge < -0.3 is 17.3 Å². The van der Waals surface area contributed by atoms with Gasteiger partial charge >= 0.3 is 0 Å². The second-order valence-electron chi connectivity index (χ2n) is 5.64. The molecule has 0 unspecified atom stereocenters. The van der Waals surface area contributed by atoms with Crippen LogP contribution < -0.4 is 12.4 Å². The van der Waals surface area contributed by atoms with Gasteiger partial charge in [0, 0.05) is 38.3 Å². The molecule has 1 aliphatic rings. The van der Waals surface area contributed by atoms with Gasteiger partial charge in [-0.3, -0.25) is 9.69 Å². The molecular weight excluding hydrogens is 334 g/mol. The summed E-state index contributed by atoms with van der Waals surface area (Å²) in [4.78, 5) is 16.1. The van der Waals surface area contributed by atoms with Crippen LogP contribution in [-0.4, -0.2) is 41.9 Å². The van der Waals surface area contributed by atoms with Crippen LogP contribution in [0.4, 0.5) is 8.78 Å². The van der Waals surface area contributed by atoms with Gasteiger partial charge in [-0.15, -0.1) is 0 Å². The first kappa shape index (κ1) is 18.4. The Balaban J connectivity index is 0.00000208. The molecule has 1 fully saturated rings. The van der Waals surface area contributed by atoms with Crippen LogP contribution in [0.5, 0.6) is 0 Å². The first-order chi connectivity index (χ1) is 11.1. The van der Waals surface area contributed by atoms with Crippen molar-refractivity contribution in [2.24, 2.45) is 0 Å². The highest BCUT2D eigenvalue weighted by atomic mass is 35.5. The van der Waals surface area contributed by atoms with E-state index >= 15 is 0 Å². The van der Waals surface area contributed by atoms with Crippen LogP contribution in [0, 0.1) is 11.6 Å². The van der Waals surface area contributed by atoms with Crippen molar-refractivity contribution in [3.8, 4) is 0 Å². The Kier molecular flexibility index (Phi) is 6.29. The Morgan fingerprint density at radius 3 is 2.08 bits per heavy atom. The predicted molar refractivity (Wildman–Crippen MR) is 84.0 cm³/mol. The molecule has 3 nitrogen and oxygen atoms in total. The quantitative estimate of drug-likeness (QED) is 0.773. The van der Waals surface area contributed by atoms with Crippen LogP contribution in [0.15, 0.2) is 48.5 Å². The van der Waals surface area contributed by atoms with Gasteiger partial charge in [-0.2, -0.15) is 0 Å². The summed E-state index contributed by atoms with van der Waals surface area (Å²) in [6.07, 6.45) is 0. The Labute approximate surface area is 146 Å². The molecule has 0 saturated carbocycles. The van der Waals surface area contributed by atoms with E-state index in [1.807, 2.05) is 6.07 Å². The highest BCUT2D eigenvalue weighted by Gasteiger charge is 2.24. The fourth-order valence-electron chi connectivity index (χ4n) is 2.78. The molecule has 128 valence electrons. The number of carbonyl (C=O) groups excluding carboxylic acids is 1.